The topological polar surface area (TPSA) is 41.3 Å². The Bertz CT molecular complexity index is 376. The Morgan fingerprint density at radius 2 is 2.18 bits per heavy atom. The molecule has 1 aromatic heterocycles. The second-order valence-electron chi connectivity index (χ2n) is 5.54. The van der Waals surface area contributed by atoms with Crippen LogP contribution in [0.2, 0.25) is 0 Å². The molecule has 0 fully saturated rings. The first-order chi connectivity index (χ1) is 7.78. The molecule has 0 aliphatic heterocycles. The molecule has 0 radical (unpaired) electrons. The highest BCUT2D eigenvalue weighted by Crippen LogP contribution is 2.13. The van der Waals surface area contributed by atoms with Crippen LogP contribution in [0.15, 0.2) is 22.8 Å². The van der Waals surface area contributed by atoms with E-state index in [0.717, 1.165) is 17.8 Å². The zero-order chi connectivity index (χ0) is 13.1. The van der Waals surface area contributed by atoms with Gasteiger partial charge in [0.2, 0.25) is 0 Å². The summed E-state index contributed by atoms with van der Waals surface area (Å²) in [4.78, 5) is 6.37. The Kier molecular flexibility index (Phi) is 4.34. The van der Waals surface area contributed by atoms with Gasteiger partial charge in [0.1, 0.15) is 6.26 Å². The molecule has 1 rings (SSSR count). The van der Waals surface area contributed by atoms with Crippen LogP contribution in [0.5, 0.6) is 0 Å². The third-order valence-electron chi connectivity index (χ3n) is 2.17. The maximum atomic E-state index is 5.43. The Balaban J connectivity index is 2.56. The second-order valence-corrected chi connectivity index (χ2v) is 5.54. The summed E-state index contributed by atoms with van der Waals surface area (Å²) in [7, 11) is 1.95. The normalized spacial score (nSPS) is 11.6. The van der Waals surface area contributed by atoms with E-state index in [1.54, 1.807) is 6.26 Å². The smallest absolute Gasteiger partial charge is 0.297 e. The van der Waals surface area contributed by atoms with Gasteiger partial charge in [-0.25, -0.2) is 0 Å². The van der Waals surface area contributed by atoms with Gasteiger partial charge in [-0.3, -0.25) is 0 Å². The van der Waals surface area contributed by atoms with Gasteiger partial charge in [-0.05, 0) is 27.7 Å². The van der Waals surface area contributed by atoms with Crippen LogP contribution >= 0.6 is 0 Å². The minimum atomic E-state index is 0.0860. The van der Waals surface area contributed by atoms with Crippen LogP contribution in [0.4, 0.5) is 6.01 Å². The van der Waals surface area contributed by atoms with Gasteiger partial charge in [0.15, 0.2) is 0 Å². The number of rotatable bonds is 5. The molecule has 0 aromatic carbocycles. The third kappa shape index (κ3) is 5.04. The van der Waals surface area contributed by atoms with Gasteiger partial charge in [0.05, 0.1) is 5.69 Å². The van der Waals surface area contributed by atoms with Crippen molar-refractivity contribution >= 4 is 6.01 Å². The summed E-state index contributed by atoms with van der Waals surface area (Å²) < 4.78 is 5.43. The van der Waals surface area contributed by atoms with E-state index >= 15 is 0 Å². The largest absolute Gasteiger partial charge is 0.432 e. The number of nitrogens with zero attached hydrogens (tertiary/aromatic N) is 2. The molecule has 1 heterocycles. The van der Waals surface area contributed by atoms with Crippen molar-refractivity contribution in [2.75, 3.05) is 18.5 Å². The molecule has 0 spiro atoms. The number of likely N-dealkylation sites (N-methyl/N-ethyl adjacent to an activating group) is 1. The maximum absolute atomic E-state index is 5.43. The predicted molar refractivity (Wildman–Crippen MR) is 71.2 cm³/mol. The van der Waals surface area contributed by atoms with Gasteiger partial charge in [-0.15, -0.1) is 0 Å². The molecule has 0 aliphatic carbocycles. The standard InChI is InChI=1S/C13H23N3O/c1-10(2)8-16(6)12-15-11(9-17-12)7-14-13(3,4)5/h9,14H,1,7-8H2,2-6H3. The molecule has 0 unspecified atom stereocenters. The minimum absolute atomic E-state index is 0.0860. The highest BCUT2D eigenvalue weighted by Gasteiger charge is 2.12. The van der Waals surface area contributed by atoms with Crippen molar-refractivity contribution in [3.8, 4) is 0 Å². The van der Waals surface area contributed by atoms with Crippen LogP contribution in [0, 0.1) is 0 Å². The summed E-state index contributed by atoms with van der Waals surface area (Å²) in [6.45, 7) is 13.7. The predicted octanol–water partition coefficient (Wildman–Crippen LogP) is 2.58. The molecule has 4 nitrogen and oxygen atoms in total. The van der Waals surface area contributed by atoms with E-state index in [2.05, 4.69) is 37.7 Å². The fourth-order valence-corrected chi connectivity index (χ4v) is 1.38. The lowest BCUT2D eigenvalue weighted by molar-refractivity contribution is 0.421. The first-order valence-electron chi connectivity index (χ1n) is 5.83. The fraction of sp³-hybridized carbons (Fsp3) is 0.615. The SMILES string of the molecule is C=C(C)CN(C)c1nc(CNC(C)(C)C)co1. The molecule has 0 aliphatic rings. The average Bonchev–Trinajstić information content (AvgIpc) is 2.60. The van der Waals surface area contributed by atoms with Crippen molar-refractivity contribution in [3.05, 3.63) is 24.1 Å². The van der Waals surface area contributed by atoms with E-state index < -0.39 is 0 Å². The van der Waals surface area contributed by atoms with E-state index in [1.165, 1.54) is 0 Å². The first-order valence-corrected chi connectivity index (χ1v) is 5.83. The summed E-state index contributed by atoms with van der Waals surface area (Å²) in [6.07, 6.45) is 1.70. The number of aromatic nitrogens is 1. The Labute approximate surface area is 104 Å². The molecule has 0 saturated carbocycles. The van der Waals surface area contributed by atoms with Crippen LogP contribution in [0.3, 0.4) is 0 Å². The van der Waals surface area contributed by atoms with Crippen LogP contribution < -0.4 is 10.2 Å². The molecule has 1 N–H and O–H groups in total. The Morgan fingerprint density at radius 3 is 2.71 bits per heavy atom. The first kappa shape index (κ1) is 13.8. The summed E-state index contributed by atoms with van der Waals surface area (Å²) in [5.41, 5.74) is 2.09. The van der Waals surface area contributed by atoms with Crippen LogP contribution in [0.1, 0.15) is 33.4 Å². The summed E-state index contributed by atoms with van der Waals surface area (Å²) in [6, 6.07) is 0.638. The van der Waals surface area contributed by atoms with Crippen molar-refractivity contribution in [2.24, 2.45) is 0 Å². The Hall–Kier alpha value is -1.29. The van der Waals surface area contributed by atoms with Gasteiger partial charge >= 0.3 is 0 Å². The number of oxazole rings is 1. The van der Waals surface area contributed by atoms with Gasteiger partial charge < -0.3 is 14.6 Å². The van der Waals surface area contributed by atoms with E-state index in [0.29, 0.717) is 12.6 Å². The molecule has 96 valence electrons. The molecule has 4 heteroatoms. The zero-order valence-corrected chi connectivity index (χ0v) is 11.5. The number of nitrogens with one attached hydrogen (secondary N) is 1. The van der Waals surface area contributed by atoms with Gasteiger partial charge in [-0.2, -0.15) is 4.98 Å². The van der Waals surface area contributed by atoms with Crippen molar-refractivity contribution in [3.63, 3.8) is 0 Å². The summed E-state index contributed by atoms with van der Waals surface area (Å²) in [5, 5.41) is 3.37. The summed E-state index contributed by atoms with van der Waals surface area (Å²) >= 11 is 0. The van der Waals surface area contributed by atoms with Crippen molar-refractivity contribution in [1.82, 2.24) is 10.3 Å². The van der Waals surface area contributed by atoms with Crippen LogP contribution in [-0.2, 0) is 6.54 Å². The summed E-state index contributed by atoms with van der Waals surface area (Å²) in [5.74, 6) is 0. The second kappa shape index (κ2) is 5.36. The van der Waals surface area contributed by atoms with Crippen molar-refractivity contribution in [1.29, 1.82) is 0 Å². The molecule has 17 heavy (non-hydrogen) atoms. The van der Waals surface area contributed by atoms with E-state index in [4.69, 9.17) is 4.42 Å². The van der Waals surface area contributed by atoms with Crippen LogP contribution in [0.25, 0.3) is 0 Å². The van der Waals surface area contributed by atoms with E-state index in [1.807, 2.05) is 18.9 Å². The van der Waals surface area contributed by atoms with Gasteiger partial charge in [0.25, 0.3) is 6.01 Å². The quantitative estimate of drug-likeness (QED) is 0.799. The van der Waals surface area contributed by atoms with Gasteiger partial charge in [-0.1, -0.05) is 12.2 Å². The zero-order valence-electron chi connectivity index (χ0n) is 11.5. The van der Waals surface area contributed by atoms with E-state index in [-0.39, 0.29) is 5.54 Å². The van der Waals surface area contributed by atoms with Crippen molar-refractivity contribution < 1.29 is 4.42 Å². The lowest BCUT2D eigenvalue weighted by Crippen LogP contribution is -2.35. The molecular formula is C13H23N3O. The fourth-order valence-electron chi connectivity index (χ4n) is 1.38. The van der Waals surface area contributed by atoms with Gasteiger partial charge in [0, 0.05) is 25.7 Å². The molecule has 1 aromatic rings. The molecule has 0 amide bonds. The van der Waals surface area contributed by atoms with Crippen LogP contribution in [-0.4, -0.2) is 24.1 Å². The maximum Gasteiger partial charge on any atom is 0.297 e. The minimum Gasteiger partial charge on any atom is -0.432 e. The highest BCUT2D eigenvalue weighted by atomic mass is 16.4. The molecular weight excluding hydrogens is 214 g/mol. The number of hydrogen-bond donors (Lipinski definition) is 1. The van der Waals surface area contributed by atoms with Crippen molar-refractivity contribution in [2.45, 2.75) is 39.8 Å². The third-order valence-corrected chi connectivity index (χ3v) is 2.17. The Morgan fingerprint density at radius 1 is 1.53 bits per heavy atom. The van der Waals surface area contributed by atoms with E-state index in [9.17, 15) is 0 Å². The molecule has 0 bridgehead atoms. The number of anilines is 1. The monoisotopic (exact) mass is 237 g/mol. The highest BCUT2D eigenvalue weighted by molar-refractivity contribution is 5.28. The number of hydrogen-bond acceptors (Lipinski definition) is 4. The molecule has 0 saturated heterocycles. The average molecular weight is 237 g/mol. The molecule has 0 atom stereocenters. The lowest BCUT2D eigenvalue weighted by Gasteiger charge is -2.19. The lowest BCUT2D eigenvalue weighted by atomic mass is 10.1.